The minimum atomic E-state index is -0.315. The fraction of sp³-hybridized carbons (Fsp3) is 0.536. The standard InChI is InChI=1S/C28H41NO3/c1-3-4-5-6-7-8-9-10-11-12-13-14-23-31-27-19-15-25(16-20-27)29-26-17-21-28(22-18-26)32-24(2)30/h15-22,29H,3-14,23H2,1-2H3. The fourth-order valence-corrected chi connectivity index (χ4v) is 3.71. The summed E-state index contributed by atoms with van der Waals surface area (Å²) in [4.78, 5) is 11.0. The molecule has 0 amide bonds. The van der Waals surface area contributed by atoms with Gasteiger partial charge in [0.05, 0.1) is 6.61 Å². The van der Waals surface area contributed by atoms with Crippen LogP contribution in [0.2, 0.25) is 0 Å². The number of hydrogen-bond acceptors (Lipinski definition) is 4. The zero-order chi connectivity index (χ0) is 22.9. The van der Waals surface area contributed by atoms with E-state index in [9.17, 15) is 4.79 Å². The molecule has 2 aromatic rings. The molecule has 1 N–H and O–H groups in total. The molecule has 0 unspecified atom stereocenters. The zero-order valence-electron chi connectivity index (χ0n) is 20.0. The van der Waals surface area contributed by atoms with Crippen LogP contribution in [0.5, 0.6) is 11.5 Å². The van der Waals surface area contributed by atoms with Crippen molar-refractivity contribution < 1.29 is 14.3 Å². The van der Waals surface area contributed by atoms with Gasteiger partial charge in [0.1, 0.15) is 11.5 Å². The Hall–Kier alpha value is -2.49. The minimum Gasteiger partial charge on any atom is -0.494 e. The van der Waals surface area contributed by atoms with Gasteiger partial charge in [-0.3, -0.25) is 4.79 Å². The van der Waals surface area contributed by atoms with E-state index in [0.29, 0.717) is 5.75 Å². The highest BCUT2D eigenvalue weighted by molar-refractivity contribution is 5.70. The smallest absolute Gasteiger partial charge is 0.308 e. The van der Waals surface area contributed by atoms with Crippen molar-refractivity contribution in [2.24, 2.45) is 0 Å². The molecule has 0 fully saturated rings. The lowest BCUT2D eigenvalue weighted by Crippen LogP contribution is -2.01. The second kappa shape index (κ2) is 16.2. The number of rotatable bonds is 17. The molecule has 4 heteroatoms. The van der Waals surface area contributed by atoms with Gasteiger partial charge in [0.15, 0.2) is 0 Å². The van der Waals surface area contributed by atoms with Crippen molar-refractivity contribution >= 4 is 17.3 Å². The van der Waals surface area contributed by atoms with Gasteiger partial charge in [-0.1, -0.05) is 77.6 Å². The second-order valence-corrected chi connectivity index (χ2v) is 8.50. The Kier molecular flexibility index (Phi) is 13.0. The first-order valence-corrected chi connectivity index (χ1v) is 12.5. The average molecular weight is 440 g/mol. The maximum absolute atomic E-state index is 11.0. The molecule has 0 aliphatic heterocycles. The highest BCUT2D eigenvalue weighted by atomic mass is 16.5. The van der Waals surface area contributed by atoms with Gasteiger partial charge in [-0.05, 0) is 55.0 Å². The summed E-state index contributed by atoms with van der Waals surface area (Å²) in [7, 11) is 0. The Labute approximate surface area is 194 Å². The molecular formula is C28H41NO3. The first kappa shape index (κ1) is 25.8. The van der Waals surface area contributed by atoms with Gasteiger partial charge in [-0.2, -0.15) is 0 Å². The van der Waals surface area contributed by atoms with Crippen LogP contribution in [-0.2, 0) is 4.79 Å². The molecule has 176 valence electrons. The van der Waals surface area contributed by atoms with E-state index in [1.54, 1.807) is 12.1 Å². The number of anilines is 2. The lowest BCUT2D eigenvalue weighted by Gasteiger charge is -2.10. The molecule has 0 saturated carbocycles. The van der Waals surface area contributed by atoms with Crippen LogP contribution in [0.15, 0.2) is 48.5 Å². The third-order valence-electron chi connectivity index (χ3n) is 5.53. The van der Waals surface area contributed by atoms with Gasteiger partial charge in [0.25, 0.3) is 0 Å². The third-order valence-corrected chi connectivity index (χ3v) is 5.53. The molecule has 0 saturated heterocycles. The zero-order valence-corrected chi connectivity index (χ0v) is 20.0. The molecular weight excluding hydrogens is 398 g/mol. The van der Waals surface area contributed by atoms with Crippen LogP contribution in [-0.4, -0.2) is 12.6 Å². The van der Waals surface area contributed by atoms with Gasteiger partial charge >= 0.3 is 5.97 Å². The average Bonchev–Trinajstić information content (AvgIpc) is 2.79. The quantitative estimate of drug-likeness (QED) is 0.153. The molecule has 32 heavy (non-hydrogen) atoms. The molecule has 0 radical (unpaired) electrons. The summed E-state index contributed by atoms with van der Waals surface area (Å²) in [5.41, 5.74) is 1.93. The second-order valence-electron chi connectivity index (χ2n) is 8.50. The predicted molar refractivity (Wildman–Crippen MR) is 134 cm³/mol. The molecule has 4 nitrogen and oxygen atoms in total. The van der Waals surface area contributed by atoms with E-state index in [1.165, 1.54) is 77.6 Å². The maximum Gasteiger partial charge on any atom is 0.308 e. The molecule has 0 spiro atoms. The minimum absolute atomic E-state index is 0.315. The summed E-state index contributed by atoms with van der Waals surface area (Å²) < 4.78 is 10.9. The highest BCUT2D eigenvalue weighted by Crippen LogP contribution is 2.22. The van der Waals surface area contributed by atoms with Crippen LogP contribution in [0.4, 0.5) is 11.4 Å². The fourth-order valence-electron chi connectivity index (χ4n) is 3.71. The van der Waals surface area contributed by atoms with Crippen LogP contribution in [0, 0.1) is 0 Å². The number of unbranched alkanes of at least 4 members (excludes halogenated alkanes) is 11. The molecule has 0 aliphatic carbocycles. The molecule has 0 bridgehead atoms. The molecule has 0 atom stereocenters. The SMILES string of the molecule is CCCCCCCCCCCCCCOc1ccc(Nc2ccc(OC(C)=O)cc2)cc1. The number of carbonyl (C=O) groups excluding carboxylic acids is 1. The Bertz CT molecular complexity index is 740. The van der Waals surface area contributed by atoms with Crippen LogP contribution < -0.4 is 14.8 Å². The molecule has 2 aromatic carbocycles. The lowest BCUT2D eigenvalue weighted by molar-refractivity contribution is -0.131. The summed E-state index contributed by atoms with van der Waals surface area (Å²) in [6, 6.07) is 15.3. The van der Waals surface area contributed by atoms with Crippen molar-refractivity contribution in [2.75, 3.05) is 11.9 Å². The van der Waals surface area contributed by atoms with Gasteiger partial charge in [-0.15, -0.1) is 0 Å². The van der Waals surface area contributed by atoms with Crippen LogP contribution in [0.1, 0.15) is 90.9 Å². The van der Waals surface area contributed by atoms with Gasteiger partial charge < -0.3 is 14.8 Å². The van der Waals surface area contributed by atoms with Crippen LogP contribution in [0.25, 0.3) is 0 Å². The summed E-state index contributed by atoms with van der Waals surface area (Å²) in [5.74, 6) is 1.14. The van der Waals surface area contributed by atoms with E-state index in [4.69, 9.17) is 9.47 Å². The molecule has 0 aliphatic rings. The van der Waals surface area contributed by atoms with E-state index in [1.807, 2.05) is 36.4 Å². The molecule has 2 rings (SSSR count). The number of hydrogen-bond donors (Lipinski definition) is 1. The Balaban J connectivity index is 1.51. The molecule has 0 aromatic heterocycles. The number of esters is 1. The third kappa shape index (κ3) is 11.8. The van der Waals surface area contributed by atoms with Gasteiger partial charge in [0.2, 0.25) is 0 Å². The first-order valence-electron chi connectivity index (χ1n) is 12.5. The number of benzene rings is 2. The van der Waals surface area contributed by atoms with E-state index in [-0.39, 0.29) is 5.97 Å². The number of carbonyl (C=O) groups is 1. The topological polar surface area (TPSA) is 47.6 Å². The van der Waals surface area contributed by atoms with E-state index in [2.05, 4.69) is 12.2 Å². The van der Waals surface area contributed by atoms with Gasteiger partial charge in [0, 0.05) is 18.3 Å². The van der Waals surface area contributed by atoms with Crippen molar-refractivity contribution in [3.05, 3.63) is 48.5 Å². The maximum atomic E-state index is 11.0. The van der Waals surface area contributed by atoms with Crippen LogP contribution in [0.3, 0.4) is 0 Å². The van der Waals surface area contributed by atoms with E-state index in [0.717, 1.165) is 30.2 Å². The van der Waals surface area contributed by atoms with Crippen molar-refractivity contribution in [1.82, 2.24) is 0 Å². The molecule has 0 heterocycles. The van der Waals surface area contributed by atoms with E-state index >= 15 is 0 Å². The highest BCUT2D eigenvalue weighted by Gasteiger charge is 2.00. The largest absolute Gasteiger partial charge is 0.494 e. The normalized spacial score (nSPS) is 10.7. The summed E-state index contributed by atoms with van der Waals surface area (Å²) in [6.45, 7) is 4.45. The van der Waals surface area contributed by atoms with Crippen molar-refractivity contribution in [3.8, 4) is 11.5 Å². The summed E-state index contributed by atoms with van der Waals surface area (Å²) >= 11 is 0. The lowest BCUT2D eigenvalue weighted by atomic mass is 10.1. The Morgan fingerprint density at radius 3 is 1.56 bits per heavy atom. The van der Waals surface area contributed by atoms with Crippen LogP contribution >= 0.6 is 0 Å². The number of nitrogens with one attached hydrogen (secondary N) is 1. The number of ether oxygens (including phenoxy) is 2. The van der Waals surface area contributed by atoms with E-state index < -0.39 is 0 Å². The van der Waals surface area contributed by atoms with Crippen molar-refractivity contribution in [2.45, 2.75) is 90.9 Å². The monoisotopic (exact) mass is 439 g/mol. The van der Waals surface area contributed by atoms with Crippen molar-refractivity contribution in [3.63, 3.8) is 0 Å². The Morgan fingerprint density at radius 1 is 0.656 bits per heavy atom. The summed E-state index contributed by atoms with van der Waals surface area (Å²) in [6.07, 6.45) is 16.2. The van der Waals surface area contributed by atoms with Gasteiger partial charge in [-0.25, -0.2) is 0 Å². The van der Waals surface area contributed by atoms with Crippen molar-refractivity contribution in [1.29, 1.82) is 0 Å². The first-order chi connectivity index (χ1) is 15.7. The predicted octanol–water partition coefficient (Wildman–Crippen LogP) is 8.44. The summed E-state index contributed by atoms with van der Waals surface area (Å²) in [5, 5.41) is 3.33. The Morgan fingerprint density at radius 2 is 1.09 bits per heavy atom.